The summed E-state index contributed by atoms with van der Waals surface area (Å²) in [6.45, 7) is 0. The molecule has 0 unspecified atom stereocenters. The zero-order valence-corrected chi connectivity index (χ0v) is 25.5. The van der Waals surface area contributed by atoms with Gasteiger partial charge >= 0.3 is 0 Å². The highest BCUT2D eigenvalue weighted by molar-refractivity contribution is 6.10. The number of benzene rings is 5. The number of hydrogen-bond donors (Lipinski definition) is 0. The number of pyridine rings is 3. The summed E-state index contributed by atoms with van der Waals surface area (Å²) < 4.78 is 2.32. The molecule has 0 amide bonds. The van der Waals surface area contributed by atoms with Crippen LogP contribution in [0.2, 0.25) is 0 Å². The van der Waals surface area contributed by atoms with Crippen LogP contribution in [0, 0.1) is 0 Å². The molecule has 47 heavy (non-hydrogen) atoms. The Morgan fingerprint density at radius 2 is 1.06 bits per heavy atom. The van der Waals surface area contributed by atoms with E-state index in [-0.39, 0.29) is 0 Å². The van der Waals surface area contributed by atoms with Crippen molar-refractivity contribution in [3.63, 3.8) is 0 Å². The van der Waals surface area contributed by atoms with Crippen molar-refractivity contribution in [1.29, 1.82) is 0 Å². The highest BCUT2D eigenvalue weighted by atomic mass is 15.0. The standard InChI is InChI=1S/C43H28N4/c1-2-10-37(11-3-1)47-42-19-18-33(24-38(42)39-28-45-22-20-43(39)47)30-12-14-31(15-13-30)36-25-40(46-41(26-36)35-9-6-21-44-27-35)34-17-16-29-7-4-5-8-32(29)23-34/h1-28H. The van der Waals surface area contributed by atoms with E-state index in [2.05, 4.69) is 154 Å². The van der Waals surface area contributed by atoms with Gasteiger partial charge in [-0.1, -0.05) is 84.9 Å². The minimum atomic E-state index is 0.900. The van der Waals surface area contributed by atoms with Crippen LogP contribution in [0.1, 0.15) is 0 Å². The highest BCUT2D eigenvalue weighted by Gasteiger charge is 2.14. The predicted octanol–water partition coefficient (Wildman–Crippen LogP) is 10.8. The quantitative estimate of drug-likeness (QED) is 0.197. The van der Waals surface area contributed by atoms with Crippen LogP contribution >= 0.6 is 0 Å². The van der Waals surface area contributed by atoms with E-state index in [1.165, 1.54) is 27.2 Å². The van der Waals surface area contributed by atoms with Gasteiger partial charge in [-0.15, -0.1) is 0 Å². The summed E-state index contributed by atoms with van der Waals surface area (Å²) in [6.07, 6.45) is 7.51. The molecule has 9 rings (SSSR count). The minimum Gasteiger partial charge on any atom is -0.309 e. The van der Waals surface area contributed by atoms with E-state index in [4.69, 9.17) is 4.98 Å². The molecule has 4 heterocycles. The van der Waals surface area contributed by atoms with Crippen LogP contribution in [0.5, 0.6) is 0 Å². The van der Waals surface area contributed by atoms with Crippen LogP contribution in [0.4, 0.5) is 0 Å². The molecular formula is C43H28N4. The maximum atomic E-state index is 5.10. The molecule has 4 nitrogen and oxygen atoms in total. The number of rotatable bonds is 5. The SMILES string of the molecule is c1ccc(-n2c3ccncc3c3cc(-c4ccc(-c5cc(-c6cccnc6)nc(-c6ccc7ccccc7c6)c5)cc4)ccc32)cc1. The molecule has 4 aromatic heterocycles. The van der Waals surface area contributed by atoms with Gasteiger partial charge in [-0.3, -0.25) is 9.97 Å². The largest absolute Gasteiger partial charge is 0.309 e. The summed E-state index contributed by atoms with van der Waals surface area (Å²) in [5.74, 6) is 0. The third kappa shape index (κ3) is 4.84. The Kier molecular flexibility index (Phi) is 6.43. The Hall–Kier alpha value is -6.39. The molecule has 0 aliphatic heterocycles. The third-order valence-electron chi connectivity index (χ3n) is 8.96. The van der Waals surface area contributed by atoms with Crippen molar-refractivity contribution in [3.8, 4) is 50.5 Å². The smallest absolute Gasteiger partial charge is 0.0731 e. The molecule has 0 saturated carbocycles. The lowest BCUT2D eigenvalue weighted by molar-refractivity contribution is 1.17. The van der Waals surface area contributed by atoms with E-state index in [1.54, 1.807) is 6.20 Å². The average Bonchev–Trinajstić information content (AvgIpc) is 3.49. The van der Waals surface area contributed by atoms with Crippen LogP contribution in [-0.4, -0.2) is 19.5 Å². The Bertz CT molecular complexity index is 2550. The molecule has 220 valence electrons. The predicted molar refractivity (Wildman–Crippen MR) is 193 cm³/mol. The fourth-order valence-electron chi connectivity index (χ4n) is 6.61. The first-order valence-corrected chi connectivity index (χ1v) is 15.7. The lowest BCUT2D eigenvalue weighted by Crippen LogP contribution is -1.93. The Morgan fingerprint density at radius 1 is 0.383 bits per heavy atom. The monoisotopic (exact) mass is 600 g/mol. The van der Waals surface area contributed by atoms with Crippen molar-refractivity contribution >= 4 is 32.6 Å². The zero-order chi connectivity index (χ0) is 31.2. The van der Waals surface area contributed by atoms with Crippen molar-refractivity contribution in [2.24, 2.45) is 0 Å². The summed E-state index contributed by atoms with van der Waals surface area (Å²) in [6, 6.07) is 51.5. The van der Waals surface area contributed by atoms with Crippen LogP contribution in [-0.2, 0) is 0 Å². The van der Waals surface area contributed by atoms with Gasteiger partial charge in [-0.05, 0) is 93.7 Å². The van der Waals surface area contributed by atoms with Gasteiger partial charge in [-0.25, -0.2) is 4.98 Å². The highest BCUT2D eigenvalue weighted by Crippen LogP contribution is 2.36. The van der Waals surface area contributed by atoms with Gasteiger partial charge in [-0.2, -0.15) is 0 Å². The topological polar surface area (TPSA) is 43.6 Å². The van der Waals surface area contributed by atoms with E-state index in [1.807, 2.05) is 24.7 Å². The van der Waals surface area contributed by atoms with Gasteiger partial charge in [0.25, 0.3) is 0 Å². The van der Waals surface area contributed by atoms with Crippen molar-refractivity contribution in [1.82, 2.24) is 19.5 Å². The molecule has 0 fully saturated rings. The summed E-state index contributed by atoms with van der Waals surface area (Å²) >= 11 is 0. The maximum Gasteiger partial charge on any atom is 0.0731 e. The van der Waals surface area contributed by atoms with Crippen molar-refractivity contribution < 1.29 is 0 Å². The number of fused-ring (bicyclic) bond motifs is 4. The molecule has 0 saturated heterocycles. The summed E-state index contributed by atoms with van der Waals surface area (Å²) in [7, 11) is 0. The van der Waals surface area contributed by atoms with E-state index in [9.17, 15) is 0 Å². The fourth-order valence-corrected chi connectivity index (χ4v) is 6.61. The van der Waals surface area contributed by atoms with Crippen LogP contribution in [0.15, 0.2) is 170 Å². The minimum absolute atomic E-state index is 0.900. The number of nitrogens with zero attached hydrogens (tertiary/aromatic N) is 4. The summed E-state index contributed by atoms with van der Waals surface area (Å²) in [5.41, 5.74) is 12.0. The molecule has 0 atom stereocenters. The lowest BCUT2D eigenvalue weighted by atomic mass is 9.97. The van der Waals surface area contributed by atoms with Crippen molar-refractivity contribution in [2.45, 2.75) is 0 Å². The molecular weight excluding hydrogens is 573 g/mol. The van der Waals surface area contributed by atoms with Gasteiger partial charge in [0.1, 0.15) is 0 Å². The lowest BCUT2D eigenvalue weighted by Gasteiger charge is -2.12. The van der Waals surface area contributed by atoms with Crippen molar-refractivity contribution in [2.75, 3.05) is 0 Å². The van der Waals surface area contributed by atoms with E-state index < -0.39 is 0 Å². The zero-order valence-electron chi connectivity index (χ0n) is 25.5. The van der Waals surface area contributed by atoms with E-state index in [0.29, 0.717) is 0 Å². The molecule has 5 aromatic carbocycles. The van der Waals surface area contributed by atoms with Crippen molar-refractivity contribution in [3.05, 3.63) is 170 Å². The first kappa shape index (κ1) is 27.0. The second-order valence-corrected chi connectivity index (χ2v) is 11.8. The Morgan fingerprint density at radius 3 is 1.87 bits per heavy atom. The van der Waals surface area contributed by atoms with E-state index >= 15 is 0 Å². The van der Waals surface area contributed by atoms with Gasteiger partial charge in [0.05, 0.1) is 22.4 Å². The number of para-hydroxylation sites is 1. The third-order valence-corrected chi connectivity index (χ3v) is 8.96. The molecule has 0 N–H and O–H groups in total. The molecule has 0 aliphatic rings. The molecule has 9 aromatic rings. The van der Waals surface area contributed by atoms with Gasteiger partial charge in [0, 0.05) is 52.4 Å². The normalized spacial score (nSPS) is 11.4. The number of hydrogen-bond acceptors (Lipinski definition) is 3. The average molecular weight is 601 g/mol. The summed E-state index contributed by atoms with van der Waals surface area (Å²) in [4.78, 5) is 13.9. The Labute approximate surface area is 272 Å². The van der Waals surface area contributed by atoms with Gasteiger partial charge in [0.15, 0.2) is 0 Å². The Balaban J connectivity index is 1.13. The first-order chi connectivity index (χ1) is 23.3. The van der Waals surface area contributed by atoms with Gasteiger partial charge in [0.2, 0.25) is 0 Å². The number of aromatic nitrogens is 4. The maximum absolute atomic E-state index is 5.10. The molecule has 0 aliphatic carbocycles. The second kappa shape index (κ2) is 11.2. The molecule has 0 bridgehead atoms. The van der Waals surface area contributed by atoms with Crippen LogP contribution in [0.25, 0.3) is 83.0 Å². The molecule has 4 heteroatoms. The second-order valence-electron chi connectivity index (χ2n) is 11.8. The van der Waals surface area contributed by atoms with E-state index in [0.717, 1.165) is 55.8 Å². The summed E-state index contributed by atoms with van der Waals surface area (Å²) in [5, 5.41) is 4.75. The van der Waals surface area contributed by atoms with Crippen LogP contribution in [0.3, 0.4) is 0 Å². The van der Waals surface area contributed by atoms with Crippen LogP contribution < -0.4 is 0 Å². The molecule has 0 radical (unpaired) electrons. The fraction of sp³-hybridized carbons (Fsp3) is 0. The molecule has 0 spiro atoms. The first-order valence-electron chi connectivity index (χ1n) is 15.7. The van der Waals surface area contributed by atoms with Gasteiger partial charge < -0.3 is 4.57 Å².